The molecule has 0 spiro atoms. The quantitative estimate of drug-likeness (QED) is 0.792. The number of hydrogen-bond donors (Lipinski definition) is 1. The SMILES string of the molecule is CC(C)(C)OC(=O)COC1CCC(Oc2ccc(C(=O)O)cc2)CC1. The van der Waals surface area contributed by atoms with Crippen LogP contribution in [0.3, 0.4) is 0 Å². The molecule has 1 saturated carbocycles. The Morgan fingerprint density at radius 2 is 1.60 bits per heavy atom. The van der Waals surface area contributed by atoms with Gasteiger partial charge in [-0.2, -0.15) is 0 Å². The van der Waals surface area contributed by atoms with Crippen molar-refractivity contribution < 1.29 is 28.9 Å². The first-order chi connectivity index (χ1) is 11.7. The van der Waals surface area contributed by atoms with Crippen LogP contribution >= 0.6 is 0 Å². The zero-order valence-electron chi connectivity index (χ0n) is 15.0. The Morgan fingerprint density at radius 1 is 1.04 bits per heavy atom. The molecule has 0 aromatic heterocycles. The molecule has 6 heteroatoms. The molecule has 0 heterocycles. The van der Waals surface area contributed by atoms with Crippen molar-refractivity contribution in [3.63, 3.8) is 0 Å². The van der Waals surface area contributed by atoms with Crippen LogP contribution in [0.25, 0.3) is 0 Å². The van der Waals surface area contributed by atoms with Crippen LogP contribution in [0.5, 0.6) is 5.75 Å². The summed E-state index contributed by atoms with van der Waals surface area (Å²) in [6.45, 7) is 5.47. The Balaban J connectivity index is 1.71. The number of rotatable bonds is 6. The lowest BCUT2D eigenvalue weighted by atomic mass is 9.95. The molecule has 1 N–H and O–H groups in total. The van der Waals surface area contributed by atoms with Gasteiger partial charge in [-0.05, 0) is 70.7 Å². The fourth-order valence-corrected chi connectivity index (χ4v) is 2.74. The third kappa shape index (κ3) is 6.74. The van der Waals surface area contributed by atoms with E-state index in [0.29, 0.717) is 5.75 Å². The standard InChI is InChI=1S/C19H26O6/c1-19(2,3)25-17(20)12-23-14-8-10-16(11-9-14)24-15-6-4-13(5-7-15)18(21)22/h4-7,14,16H,8-12H2,1-3H3,(H,21,22). The fourth-order valence-electron chi connectivity index (χ4n) is 2.74. The van der Waals surface area contributed by atoms with Crippen molar-refractivity contribution >= 4 is 11.9 Å². The molecule has 0 saturated heterocycles. The summed E-state index contributed by atoms with van der Waals surface area (Å²) in [6, 6.07) is 6.42. The first-order valence-corrected chi connectivity index (χ1v) is 8.56. The van der Waals surface area contributed by atoms with Crippen LogP contribution in [0.1, 0.15) is 56.8 Å². The minimum absolute atomic E-state index is 0.0237. The van der Waals surface area contributed by atoms with E-state index in [2.05, 4.69) is 0 Å². The van der Waals surface area contributed by atoms with Gasteiger partial charge < -0.3 is 19.3 Å². The molecular weight excluding hydrogens is 324 g/mol. The van der Waals surface area contributed by atoms with Gasteiger partial charge in [-0.1, -0.05) is 0 Å². The zero-order valence-corrected chi connectivity index (χ0v) is 15.0. The number of carbonyl (C=O) groups excluding carboxylic acids is 1. The molecule has 0 unspecified atom stereocenters. The molecule has 2 rings (SSSR count). The van der Waals surface area contributed by atoms with Crippen LogP contribution in [0.2, 0.25) is 0 Å². The molecule has 0 atom stereocenters. The summed E-state index contributed by atoms with van der Waals surface area (Å²) >= 11 is 0. The Bertz CT molecular complexity index is 579. The number of benzene rings is 1. The van der Waals surface area contributed by atoms with Gasteiger partial charge in [0.05, 0.1) is 17.8 Å². The van der Waals surface area contributed by atoms with Gasteiger partial charge in [-0.3, -0.25) is 0 Å². The van der Waals surface area contributed by atoms with Crippen LogP contribution in [-0.2, 0) is 14.3 Å². The van der Waals surface area contributed by atoms with Crippen LogP contribution in [-0.4, -0.2) is 41.5 Å². The van der Waals surface area contributed by atoms with E-state index in [1.54, 1.807) is 12.1 Å². The molecule has 1 aliphatic carbocycles. The topological polar surface area (TPSA) is 82.1 Å². The Labute approximate surface area is 148 Å². The van der Waals surface area contributed by atoms with Gasteiger partial charge >= 0.3 is 11.9 Å². The molecule has 25 heavy (non-hydrogen) atoms. The third-order valence-electron chi connectivity index (χ3n) is 3.88. The lowest BCUT2D eigenvalue weighted by Gasteiger charge is -2.29. The molecule has 1 aromatic carbocycles. The number of carboxylic acids is 1. The van der Waals surface area contributed by atoms with E-state index in [-0.39, 0.29) is 30.3 Å². The van der Waals surface area contributed by atoms with E-state index in [9.17, 15) is 9.59 Å². The third-order valence-corrected chi connectivity index (χ3v) is 3.88. The maximum atomic E-state index is 11.7. The highest BCUT2D eigenvalue weighted by molar-refractivity contribution is 5.87. The Morgan fingerprint density at radius 3 is 2.12 bits per heavy atom. The summed E-state index contributed by atoms with van der Waals surface area (Å²) in [6.07, 6.45) is 3.43. The largest absolute Gasteiger partial charge is 0.490 e. The van der Waals surface area contributed by atoms with E-state index in [0.717, 1.165) is 25.7 Å². The van der Waals surface area contributed by atoms with Crippen molar-refractivity contribution in [3.05, 3.63) is 29.8 Å². The van der Waals surface area contributed by atoms with Gasteiger partial charge in [0.15, 0.2) is 0 Å². The minimum atomic E-state index is -0.950. The van der Waals surface area contributed by atoms with Crippen molar-refractivity contribution in [2.24, 2.45) is 0 Å². The van der Waals surface area contributed by atoms with Gasteiger partial charge in [0, 0.05) is 0 Å². The number of esters is 1. The molecule has 0 amide bonds. The summed E-state index contributed by atoms with van der Waals surface area (Å²) < 4.78 is 16.8. The highest BCUT2D eigenvalue weighted by Gasteiger charge is 2.24. The van der Waals surface area contributed by atoms with Crippen molar-refractivity contribution in [1.29, 1.82) is 0 Å². The van der Waals surface area contributed by atoms with Crippen LogP contribution in [0, 0.1) is 0 Å². The lowest BCUT2D eigenvalue weighted by molar-refractivity contribution is -0.163. The number of carbonyl (C=O) groups is 2. The Hall–Kier alpha value is -2.08. The highest BCUT2D eigenvalue weighted by Crippen LogP contribution is 2.26. The van der Waals surface area contributed by atoms with E-state index in [4.69, 9.17) is 19.3 Å². The highest BCUT2D eigenvalue weighted by atomic mass is 16.6. The summed E-state index contributed by atoms with van der Waals surface area (Å²) in [7, 11) is 0. The zero-order chi connectivity index (χ0) is 18.4. The van der Waals surface area contributed by atoms with Gasteiger partial charge in [0.2, 0.25) is 0 Å². The van der Waals surface area contributed by atoms with Gasteiger partial charge in [-0.25, -0.2) is 9.59 Å². The van der Waals surface area contributed by atoms with Crippen LogP contribution in [0.15, 0.2) is 24.3 Å². The van der Waals surface area contributed by atoms with E-state index < -0.39 is 11.6 Å². The summed E-state index contributed by atoms with van der Waals surface area (Å²) in [5.41, 5.74) is -0.256. The van der Waals surface area contributed by atoms with E-state index in [1.165, 1.54) is 12.1 Å². The smallest absolute Gasteiger partial charge is 0.335 e. The van der Waals surface area contributed by atoms with Crippen molar-refractivity contribution in [3.8, 4) is 5.75 Å². The predicted octanol–water partition coefficient (Wildman–Crippen LogP) is 3.43. The fraction of sp³-hybridized carbons (Fsp3) is 0.579. The molecule has 1 aliphatic rings. The first-order valence-electron chi connectivity index (χ1n) is 8.56. The second-order valence-corrected chi connectivity index (χ2v) is 7.24. The number of ether oxygens (including phenoxy) is 3. The molecule has 1 fully saturated rings. The number of carboxylic acid groups (broad SMARTS) is 1. The second-order valence-electron chi connectivity index (χ2n) is 7.24. The minimum Gasteiger partial charge on any atom is -0.490 e. The molecule has 1 aromatic rings. The number of hydrogen-bond acceptors (Lipinski definition) is 5. The maximum absolute atomic E-state index is 11.7. The van der Waals surface area contributed by atoms with E-state index in [1.807, 2.05) is 20.8 Å². The normalized spacial score (nSPS) is 20.8. The summed E-state index contributed by atoms with van der Waals surface area (Å²) in [5.74, 6) is -0.623. The summed E-state index contributed by atoms with van der Waals surface area (Å²) in [4.78, 5) is 22.5. The van der Waals surface area contributed by atoms with Crippen molar-refractivity contribution in [2.75, 3.05) is 6.61 Å². The van der Waals surface area contributed by atoms with Gasteiger partial charge in [0.1, 0.15) is 18.0 Å². The lowest BCUT2D eigenvalue weighted by Crippen LogP contribution is -2.31. The second kappa shape index (κ2) is 8.34. The molecular formula is C19H26O6. The van der Waals surface area contributed by atoms with Crippen molar-refractivity contribution in [1.82, 2.24) is 0 Å². The van der Waals surface area contributed by atoms with Crippen LogP contribution in [0.4, 0.5) is 0 Å². The van der Waals surface area contributed by atoms with Crippen LogP contribution < -0.4 is 4.74 Å². The molecule has 138 valence electrons. The van der Waals surface area contributed by atoms with Gasteiger partial charge in [0.25, 0.3) is 0 Å². The average molecular weight is 350 g/mol. The maximum Gasteiger partial charge on any atom is 0.335 e. The van der Waals surface area contributed by atoms with Gasteiger partial charge in [-0.15, -0.1) is 0 Å². The average Bonchev–Trinajstić information content (AvgIpc) is 2.53. The summed E-state index contributed by atoms with van der Waals surface area (Å²) in [5, 5.41) is 8.89. The van der Waals surface area contributed by atoms with Crippen molar-refractivity contribution in [2.45, 2.75) is 64.3 Å². The van der Waals surface area contributed by atoms with E-state index >= 15 is 0 Å². The molecule has 6 nitrogen and oxygen atoms in total. The predicted molar refractivity (Wildman–Crippen MR) is 91.9 cm³/mol. The molecule has 0 aliphatic heterocycles. The molecule has 0 radical (unpaired) electrons. The monoisotopic (exact) mass is 350 g/mol. The number of aromatic carboxylic acids is 1. The Kier molecular flexibility index (Phi) is 6.42. The first kappa shape index (κ1) is 19.2. The molecule has 0 bridgehead atoms.